The average molecular weight is 406 g/mol. The van der Waals surface area contributed by atoms with Gasteiger partial charge in [-0.25, -0.2) is 9.97 Å². The van der Waals surface area contributed by atoms with Crippen molar-refractivity contribution in [1.82, 2.24) is 25.0 Å². The van der Waals surface area contributed by atoms with Crippen LogP contribution in [0.1, 0.15) is 71.7 Å². The molecule has 1 aliphatic rings. The van der Waals surface area contributed by atoms with E-state index in [4.69, 9.17) is 9.51 Å². The van der Waals surface area contributed by atoms with Gasteiger partial charge < -0.3 is 14.7 Å². The summed E-state index contributed by atoms with van der Waals surface area (Å²) in [5, 5.41) is 7.33. The number of aromatic nitrogens is 4. The van der Waals surface area contributed by atoms with Crippen molar-refractivity contribution in [3.8, 4) is 0 Å². The number of nitrogens with one attached hydrogen (secondary N) is 1. The van der Waals surface area contributed by atoms with Crippen molar-refractivity contribution >= 4 is 17.5 Å². The van der Waals surface area contributed by atoms with Crippen molar-refractivity contribution in [2.24, 2.45) is 0 Å². The van der Waals surface area contributed by atoms with E-state index < -0.39 is 0 Å². The average Bonchev–Trinajstić information content (AvgIpc) is 3.36. The lowest BCUT2D eigenvalue weighted by molar-refractivity contribution is 0.0729. The van der Waals surface area contributed by atoms with Crippen molar-refractivity contribution < 1.29 is 9.32 Å². The van der Waals surface area contributed by atoms with Gasteiger partial charge in [0.05, 0.1) is 29.8 Å². The van der Waals surface area contributed by atoms with Gasteiger partial charge in [-0.3, -0.25) is 9.78 Å². The molecule has 0 aliphatic carbocycles. The standard InChI is InChI=1S/C22H26N6O2/c1-13(2)20-19(15(4)30-27-20)22(29)28-10-6-8-17(28)16-11-23-12-18(25-16)26-21-14(3)7-5-9-24-21/h5,7,9,11-13,17H,6,8,10H2,1-4H3,(H,24,25,26)/t17-/m0/s1. The first-order valence-electron chi connectivity index (χ1n) is 10.2. The van der Waals surface area contributed by atoms with E-state index in [9.17, 15) is 4.79 Å². The van der Waals surface area contributed by atoms with E-state index in [1.807, 2.05) is 37.8 Å². The van der Waals surface area contributed by atoms with Crippen LogP contribution in [0, 0.1) is 13.8 Å². The molecule has 0 saturated carbocycles. The predicted molar refractivity (Wildman–Crippen MR) is 113 cm³/mol. The van der Waals surface area contributed by atoms with Crippen LogP contribution in [0.25, 0.3) is 0 Å². The zero-order valence-electron chi connectivity index (χ0n) is 17.7. The first kappa shape index (κ1) is 20.0. The smallest absolute Gasteiger partial charge is 0.259 e. The van der Waals surface area contributed by atoms with Crippen LogP contribution in [0.4, 0.5) is 11.6 Å². The highest BCUT2D eigenvalue weighted by atomic mass is 16.5. The Morgan fingerprint density at radius 3 is 2.90 bits per heavy atom. The minimum atomic E-state index is -0.133. The minimum Gasteiger partial charge on any atom is -0.361 e. The van der Waals surface area contributed by atoms with E-state index in [0.29, 0.717) is 29.4 Å². The molecule has 1 amide bonds. The number of amides is 1. The molecule has 4 rings (SSSR count). The van der Waals surface area contributed by atoms with Crippen LogP contribution in [0.3, 0.4) is 0 Å². The van der Waals surface area contributed by atoms with Crippen LogP contribution in [-0.2, 0) is 0 Å². The maximum Gasteiger partial charge on any atom is 0.259 e. The highest BCUT2D eigenvalue weighted by Crippen LogP contribution is 2.34. The Kier molecular flexibility index (Phi) is 5.48. The van der Waals surface area contributed by atoms with Crippen LogP contribution in [0.5, 0.6) is 0 Å². The molecule has 4 heterocycles. The zero-order chi connectivity index (χ0) is 21.3. The summed E-state index contributed by atoms with van der Waals surface area (Å²) in [5.41, 5.74) is 3.06. The molecule has 1 saturated heterocycles. The summed E-state index contributed by atoms with van der Waals surface area (Å²) in [4.78, 5) is 28.7. The van der Waals surface area contributed by atoms with Crippen molar-refractivity contribution in [1.29, 1.82) is 0 Å². The zero-order valence-corrected chi connectivity index (χ0v) is 17.7. The minimum absolute atomic E-state index is 0.0549. The number of likely N-dealkylation sites (tertiary alicyclic amines) is 1. The Hall–Kier alpha value is -3.29. The quantitative estimate of drug-likeness (QED) is 0.674. The maximum atomic E-state index is 13.4. The van der Waals surface area contributed by atoms with E-state index in [-0.39, 0.29) is 17.9 Å². The van der Waals surface area contributed by atoms with Gasteiger partial charge in [-0.05, 0) is 44.2 Å². The fourth-order valence-corrected chi connectivity index (χ4v) is 3.84. The summed E-state index contributed by atoms with van der Waals surface area (Å²) in [6.07, 6.45) is 6.89. The molecule has 1 N–H and O–H groups in total. The van der Waals surface area contributed by atoms with E-state index in [1.54, 1.807) is 25.5 Å². The van der Waals surface area contributed by atoms with Crippen LogP contribution >= 0.6 is 0 Å². The fourth-order valence-electron chi connectivity index (χ4n) is 3.84. The molecule has 3 aromatic heterocycles. The number of rotatable bonds is 5. The van der Waals surface area contributed by atoms with Crippen molar-refractivity contribution in [3.63, 3.8) is 0 Å². The van der Waals surface area contributed by atoms with Gasteiger partial charge in [0.15, 0.2) is 0 Å². The molecule has 0 aromatic carbocycles. The van der Waals surface area contributed by atoms with Crippen molar-refractivity contribution in [2.75, 3.05) is 11.9 Å². The van der Waals surface area contributed by atoms with E-state index in [2.05, 4.69) is 20.4 Å². The van der Waals surface area contributed by atoms with Gasteiger partial charge in [0.25, 0.3) is 5.91 Å². The molecule has 0 radical (unpaired) electrons. The third-order valence-electron chi connectivity index (χ3n) is 5.41. The Labute approximate surface area is 175 Å². The molecule has 8 nitrogen and oxygen atoms in total. The van der Waals surface area contributed by atoms with Crippen LogP contribution in [0.2, 0.25) is 0 Å². The summed E-state index contributed by atoms with van der Waals surface area (Å²) in [6, 6.07) is 3.74. The van der Waals surface area contributed by atoms with Gasteiger partial charge in [0.1, 0.15) is 23.0 Å². The van der Waals surface area contributed by atoms with Gasteiger partial charge >= 0.3 is 0 Å². The summed E-state index contributed by atoms with van der Waals surface area (Å²) in [5.74, 6) is 1.96. The largest absolute Gasteiger partial charge is 0.361 e. The normalized spacial score (nSPS) is 16.3. The molecule has 1 atom stereocenters. The molecule has 0 unspecified atom stereocenters. The van der Waals surface area contributed by atoms with Gasteiger partial charge in [-0.15, -0.1) is 0 Å². The Bertz CT molecular complexity index is 1060. The highest BCUT2D eigenvalue weighted by molar-refractivity contribution is 5.96. The SMILES string of the molecule is Cc1cccnc1Nc1cncc([C@@H]2CCCN2C(=O)c2c(C(C)C)noc2C)n1. The number of nitrogens with zero attached hydrogens (tertiary/aromatic N) is 5. The Morgan fingerprint density at radius 2 is 2.13 bits per heavy atom. The molecule has 3 aromatic rings. The molecule has 0 bridgehead atoms. The van der Waals surface area contributed by atoms with Gasteiger partial charge in [-0.2, -0.15) is 0 Å². The number of hydrogen-bond donors (Lipinski definition) is 1. The monoisotopic (exact) mass is 406 g/mol. The number of carbonyl (C=O) groups excluding carboxylic acids is 1. The number of pyridine rings is 1. The third-order valence-corrected chi connectivity index (χ3v) is 5.41. The Morgan fingerprint density at radius 1 is 1.30 bits per heavy atom. The van der Waals surface area contributed by atoms with Gasteiger partial charge in [-0.1, -0.05) is 25.1 Å². The van der Waals surface area contributed by atoms with Crippen molar-refractivity contribution in [3.05, 3.63) is 59.0 Å². The summed E-state index contributed by atoms with van der Waals surface area (Å²) in [7, 11) is 0. The van der Waals surface area contributed by atoms with Crippen LogP contribution in [-0.4, -0.2) is 37.5 Å². The lowest BCUT2D eigenvalue weighted by atomic mass is 10.0. The number of aryl methyl sites for hydroxylation is 2. The highest BCUT2D eigenvalue weighted by Gasteiger charge is 2.35. The molecule has 0 spiro atoms. The lowest BCUT2D eigenvalue weighted by Crippen LogP contribution is -2.32. The second-order valence-corrected chi connectivity index (χ2v) is 7.93. The second-order valence-electron chi connectivity index (χ2n) is 7.93. The van der Waals surface area contributed by atoms with Gasteiger partial charge in [0, 0.05) is 12.7 Å². The third kappa shape index (κ3) is 3.77. The lowest BCUT2D eigenvalue weighted by Gasteiger charge is -2.24. The van der Waals surface area contributed by atoms with E-state index in [1.165, 1.54) is 0 Å². The molecule has 30 heavy (non-hydrogen) atoms. The first-order valence-corrected chi connectivity index (χ1v) is 10.2. The van der Waals surface area contributed by atoms with E-state index in [0.717, 1.165) is 29.9 Å². The molecule has 8 heteroatoms. The maximum absolute atomic E-state index is 13.4. The Balaban J connectivity index is 1.61. The number of hydrogen-bond acceptors (Lipinski definition) is 7. The summed E-state index contributed by atoms with van der Waals surface area (Å²) >= 11 is 0. The van der Waals surface area contributed by atoms with Crippen LogP contribution < -0.4 is 5.32 Å². The van der Waals surface area contributed by atoms with Crippen molar-refractivity contribution in [2.45, 2.75) is 52.5 Å². The molecule has 1 fully saturated rings. The second kappa shape index (κ2) is 8.22. The summed E-state index contributed by atoms with van der Waals surface area (Å²) < 4.78 is 5.33. The first-order chi connectivity index (χ1) is 14.5. The molecule has 156 valence electrons. The molecule has 1 aliphatic heterocycles. The fraction of sp³-hybridized carbons (Fsp3) is 0.409. The van der Waals surface area contributed by atoms with E-state index >= 15 is 0 Å². The van der Waals surface area contributed by atoms with Gasteiger partial charge in [0.2, 0.25) is 0 Å². The summed E-state index contributed by atoms with van der Waals surface area (Å²) in [6.45, 7) is 8.46. The molecular formula is C22H26N6O2. The molecular weight excluding hydrogens is 380 g/mol. The number of anilines is 2. The van der Waals surface area contributed by atoms with Crippen LogP contribution in [0.15, 0.2) is 35.2 Å². The number of carbonyl (C=O) groups is 1. The predicted octanol–water partition coefficient (Wildman–Crippen LogP) is 4.32. The topological polar surface area (TPSA) is 97.0 Å².